The molecule has 0 radical (unpaired) electrons. The van der Waals surface area contributed by atoms with Crippen LogP contribution in [-0.4, -0.2) is 59.9 Å². The molecule has 0 saturated carbocycles. The molecule has 1 N–H and O–H groups in total. The van der Waals surface area contributed by atoms with Gasteiger partial charge in [0.25, 0.3) is 5.91 Å². The van der Waals surface area contributed by atoms with Crippen LogP contribution in [-0.2, 0) is 6.54 Å². The number of halogens is 1. The molecule has 130 valence electrons. The van der Waals surface area contributed by atoms with Gasteiger partial charge >= 0.3 is 0 Å². The number of aromatic nitrogens is 1. The van der Waals surface area contributed by atoms with E-state index < -0.39 is 0 Å². The van der Waals surface area contributed by atoms with E-state index in [0.29, 0.717) is 25.4 Å². The Labute approximate surface area is 161 Å². The monoisotopic (exact) mass is 461 g/mol. The molecule has 0 unspecified atom stereocenters. The van der Waals surface area contributed by atoms with Gasteiger partial charge in [-0.3, -0.25) is 9.79 Å². The van der Waals surface area contributed by atoms with Gasteiger partial charge in [-0.05, 0) is 12.1 Å². The Hall–Kier alpha value is -1.62. The Morgan fingerprint density at radius 1 is 1.38 bits per heavy atom. The van der Waals surface area contributed by atoms with Crippen LogP contribution < -0.4 is 5.32 Å². The van der Waals surface area contributed by atoms with E-state index in [9.17, 15) is 4.79 Å². The van der Waals surface area contributed by atoms with Crippen molar-refractivity contribution >= 4 is 47.2 Å². The lowest BCUT2D eigenvalue weighted by atomic mass is 10.3. The summed E-state index contributed by atoms with van der Waals surface area (Å²) in [6, 6.07) is 3.43. The number of carbonyl (C=O) groups is 1. The molecule has 0 spiro atoms. The lowest BCUT2D eigenvalue weighted by molar-refractivity contribution is 0.0657. The number of amides is 1. The van der Waals surface area contributed by atoms with Gasteiger partial charge in [0.2, 0.25) is 0 Å². The van der Waals surface area contributed by atoms with Gasteiger partial charge in [-0.2, -0.15) is 0 Å². The third kappa shape index (κ3) is 4.47. The summed E-state index contributed by atoms with van der Waals surface area (Å²) in [5, 5.41) is 6.30. The van der Waals surface area contributed by atoms with Gasteiger partial charge in [0.05, 0.1) is 12.8 Å². The number of rotatable bonds is 3. The molecule has 1 aliphatic rings. The summed E-state index contributed by atoms with van der Waals surface area (Å²) >= 11 is 1.61. The highest BCUT2D eigenvalue weighted by molar-refractivity contribution is 14.0. The molecule has 3 rings (SSSR count). The molecule has 0 aromatic carbocycles. The molecule has 2 aromatic rings. The zero-order valence-corrected chi connectivity index (χ0v) is 16.5. The maximum atomic E-state index is 12.2. The fraction of sp³-hybridized carbons (Fsp3) is 0.400. The van der Waals surface area contributed by atoms with Gasteiger partial charge in [-0.25, -0.2) is 4.98 Å². The molecule has 1 fully saturated rings. The van der Waals surface area contributed by atoms with Crippen LogP contribution in [0.4, 0.5) is 0 Å². The van der Waals surface area contributed by atoms with Crippen LogP contribution in [0.5, 0.6) is 0 Å². The van der Waals surface area contributed by atoms with Crippen molar-refractivity contribution in [3.63, 3.8) is 0 Å². The highest BCUT2D eigenvalue weighted by atomic mass is 127. The Kier molecular flexibility index (Phi) is 7.03. The van der Waals surface area contributed by atoms with Crippen LogP contribution in [0.15, 0.2) is 39.4 Å². The summed E-state index contributed by atoms with van der Waals surface area (Å²) < 4.78 is 5.18. The summed E-state index contributed by atoms with van der Waals surface area (Å²) in [5.74, 6) is 1.18. The summed E-state index contributed by atoms with van der Waals surface area (Å²) in [7, 11) is 1.77. The summed E-state index contributed by atoms with van der Waals surface area (Å²) in [6.45, 7) is 3.44. The van der Waals surface area contributed by atoms with E-state index >= 15 is 0 Å². The van der Waals surface area contributed by atoms with Gasteiger partial charge in [0.1, 0.15) is 5.01 Å². The average Bonchev–Trinajstić information content (AvgIpc) is 3.29. The number of hydrogen-bond donors (Lipinski definition) is 1. The van der Waals surface area contributed by atoms with Crippen LogP contribution in [0.3, 0.4) is 0 Å². The predicted molar refractivity (Wildman–Crippen MR) is 104 cm³/mol. The first-order valence-electron chi connectivity index (χ1n) is 7.44. The highest BCUT2D eigenvalue weighted by Crippen LogP contribution is 2.10. The van der Waals surface area contributed by atoms with Crippen LogP contribution in [0.25, 0.3) is 0 Å². The maximum absolute atomic E-state index is 12.2. The minimum atomic E-state index is -0.0552. The zero-order valence-electron chi connectivity index (χ0n) is 13.3. The van der Waals surface area contributed by atoms with Crippen molar-refractivity contribution in [2.45, 2.75) is 6.54 Å². The molecule has 7 nitrogen and oxygen atoms in total. The van der Waals surface area contributed by atoms with E-state index in [1.165, 1.54) is 6.26 Å². The Morgan fingerprint density at radius 2 is 2.12 bits per heavy atom. The molecular formula is C15H20IN5O2S. The zero-order chi connectivity index (χ0) is 16.1. The van der Waals surface area contributed by atoms with Crippen molar-refractivity contribution in [1.29, 1.82) is 0 Å². The fourth-order valence-electron chi connectivity index (χ4n) is 2.50. The Morgan fingerprint density at radius 3 is 2.71 bits per heavy atom. The lowest BCUT2D eigenvalue weighted by Gasteiger charge is -2.36. The largest absolute Gasteiger partial charge is 0.459 e. The molecule has 0 bridgehead atoms. The predicted octanol–water partition coefficient (Wildman–Crippen LogP) is 1.89. The summed E-state index contributed by atoms with van der Waals surface area (Å²) in [6.07, 6.45) is 3.32. The van der Waals surface area contributed by atoms with E-state index in [1.807, 2.05) is 10.3 Å². The Bertz CT molecular complexity index is 651. The topological polar surface area (TPSA) is 74.0 Å². The second-order valence-corrected chi connectivity index (χ2v) is 6.06. The van der Waals surface area contributed by atoms with E-state index in [1.54, 1.807) is 36.7 Å². The second kappa shape index (κ2) is 9.02. The van der Waals surface area contributed by atoms with Crippen molar-refractivity contribution in [3.05, 3.63) is 40.7 Å². The quantitative estimate of drug-likeness (QED) is 0.430. The Balaban J connectivity index is 0.00000208. The highest BCUT2D eigenvalue weighted by Gasteiger charge is 2.25. The number of furan rings is 1. The number of nitrogens with zero attached hydrogens (tertiary/aromatic N) is 4. The van der Waals surface area contributed by atoms with Gasteiger partial charge in [-0.1, -0.05) is 0 Å². The normalized spacial score (nSPS) is 15.1. The molecule has 9 heteroatoms. The third-order valence-electron chi connectivity index (χ3n) is 3.69. The number of hydrogen-bond acceptors (Lipinski definition) is 5. The fourth-order valence-corrected chi connectivity index (χ4v) is 3.06. The van der Waals surface area contributed by atoms with Gasteiger partial charge in [-0.15, -0.1) is 35.3 Å². The first-order valence-corrected chi connectivity index (χ1v) is 8.32. The van der Waals surface area contributed by atoms with Gasteiger partial charge in [0.15, 0.2) is 11.7 Å². The standard InChI is InChI=1S/C15H19N5O2S.HI/c1-16-15(18-11-13-17-4-10-23-13)20-7-5-19(6-8-20)14(21)12-3-2-9-22-12;/h2-4,9-10H,5-8,11H2,1H3,(H,16,18);1H. The van der Waals surface area contributed by atoms with Crippen LogP contribution in [0.1, 0.15) is 15.6 Å². The van der Waals surface area contributed by atoms with Crippen molar-refractivity contribution < 1.29 is 9.21 Å². The molecular weight excluding hydrogens is 441 g/mol. The van der Waals surface area contributed by atoms with Crippen LogP contribution in [0.2, 0.25) is 0 Å². The number of guanidine groups is 1. The van der Waals surface area contributed by atoms with Crippen molar-refractivity contribution in [3.8, 4) is 0 Å². The van der Waals surface area contributed by atoms with E-state index in [2.05, 4.69) is 20.2 Å². The van der Waals surface area contributed by atoms with Crippen molar-refractivity contribution in [2.75, 3.05) is 33.2 Å². The van der Waals surface area contributed by atoms with Crippen molar-refractivity contribution in [2.24, 2.45) is 4.99 Å². The minimum absolute atomic E-state index is 0. The van der Waals surface area contributed by atoms with E-state index in [0.717, 1.165) is 24.1 Å². The molecule has 24 heavy (non-hydrogen) atoms. The molecule has 1 aliphatic heterocycles. The number of carbonyl (C=O) groups excluding carboxylic acids is 1. The smallest absolute Gasteiger partial charge is 0.289 e. The lowest BCUT2D eigenvalue weighted by Crippen LogP contribution is -2.53. The average molecular weight is 461 g/mol. The van der Waals surface area contributed by atoms with E-state index in [-0.39, 0.29) is 29.9 Å². The first kappa shape index (κ1) is 18.7. The molecule has 1 saturated heterocycles. The number of aliphatic imine (C=N–C) groups is 1. The minimum Gasteiger partial charge on any atom is -0.459 e. The van der Waals surface area contributed by atoms with Gasteiger partial charge < -0.3 is 19.5 Å². The van der Waals surface area contributed by atoms with Crippen molar-refractivity contribution in [1.82, 2.24) is 20.1 Å². The molecule has 2 aromatic heterocycles. The number of nitrogens with one attached hydrogen (secondary N) is 1. The molecule has 3 heterocycles. The number of piperazine rings is 1. The summed E-state index contributed by atoms with van der Waals surface area (Å²) in [4.78, 5) is 24.8. The second-order valence-electron chi connectivity index (χ2n) is 5.08. The summed E-state index contributed by atoms with van der Waals surface area (Å²) in [5.41, 5.74) is 0. The van der Waals surface area contributed by atoms with Crippen LogP contribution in [0, 0.1) is 0 Å². The molecule has 0 aliphatic carbocycles. The molecule has 1 amide bonds. The molecule has 0 atom stereocenters. The first-order chi connectivity index (χ1) is 11.3. The SMILES string of the molecule is CN=C(NCc1nccs1)N1CCN(C(=O)c2ccco2)CC1.I. The van der Waals surface area contributed by atoms with Gasteiger partial charge in [0, 0.05) is 44.8 Å². The van der Waals surface area contributed by atoms with Crippen LogP contribution >= 0.6 is 35.3 Å². The number of thiazole rings is 1. The van der Waals surface area contributed by atoms with E-state index in [4.69, 9.17) is 4.42 Å². The maximum Gasteiger partial charge on any atom is 0.289 e. The third-order valence-corrected chi connectivity index (χ3v) is 4.47.